The molecule has 0 spiro atoms. The lowest BCUT2D eigenvalue weighted by atomic mass is 9.99. The average Bonchev–Trinajstić information content (AvgIpc) is 2.28. The summed E-state index contributed by atoms with van der Waals surface area (Å²) in [6.07, 6.45) is 0. The standard InChI is InChI=1S/C12H18IO2P/c1-12(2,9-13)10-15-16(3,14)11-7-5-4-6-8-11/h4-8H,9-10H2,1-3H3. The van der Waals surface area contributed by atoms with E-state index in [2.05, 4.69) is 36.4 Å². The second-order valence-corrected chi connectivity index (χ2v) is 7.98. The van der Waals surface area contributed by atoms with Crippen LogP contribution in [-0.4, -0.2) is 17.7 Å². The summed E-state index contributed by atoms with van der Waals surface area (Å²) in [7, 11) is -2.66. The Kier molecular flexibility index (Phi) is 5.02. The maximum Gasteiger partial charge on any atom is 0.229 e. The number of benzene rings is 1. The van der Waals surface area contributed by atoms with Crippen LogP contribution in [0.3, 0.4) is 0 Å². The second kappa shape index (κ2) is 5.65. The number of hydrogen-bond donors (Lipinski definition) is 0. The lowest BCUT2D eigenvalue weighted by molar-refractivity contribution is 0.211. The molecule has 90 valence electrons. The van der Waals surface area contributed by atoms with Crippen molar-refractivity contribution in [2.45, 2.75) is 13.8 Å². The van der Waals surface area contributed by atoms with Gasteiger partial charge in [0.2, 0.25) is 7.37 Å². The monoisotopic (exact) mass is 352 g/mol. The highest BCUT2D eigenvalue weighted by atomic mass is 127. The first-order valence-electron chi connectivity index (χ1n) is 5.21. The molecule has 0 aliphatic heterocycles. The minimum Gasteiger partial charge on any atom is -0.325 e. The Morgan fingerprint density at radius 3 is 2.38 bits per heavy atom. The molecule has 1 aromatic carbocycles. The first-order valence-corrected chi connectivity index (χ1v) is 8.81. The largest absolute Gasteiger partial charge is 0.325 e. The Labute approximate surface area is 111 Å². The van der Waals surface area contributed by atoms with E-state index in [1.54, 1.807) is 6.66 Å². The highest BCUT2D eigenvalue weighted by molar-refractivity contribution is 14.1. The summed E-state index contributed by atoms with van der Waals surface area (Å²) in [5.41, 5.74) is 0.0704. The van der Waals surface area contributed by atoms with Gasteiger partial charge in [0.1, 0.15) is 0 Å². The van der Waals surface area contributed by atoms with E-state index in [0.717, 1.165) is 9.73 Å². The molecule has 0 aromatic heterocycles. The molecule has 1 atom stereocenters. The lowest BCUT2D eigenvalue weighted by Gasteiger charge is -2.24. The Balaban J connectivity index is 2.70. The van der Waals surface area contributed by atoms with Gasteiger partial charge >= 0.3 is 0 Å². The topological polar surface area (TPSA) is 26.3 Å². The van der Waals surface area contributed by atoms with Crippen molar-refractivity contribution < 1.29 is 9.09 Å². The van der Waals surface area contributed by atoms with Crippen LogP contribution in [0.2, 0.25) is 0 Å². The normalized spacial score (nSPS) is 15.8. The van der Waals surface area contributed by atoms with Crippen LogP contribution in [0.15, 0.2) is 30.3 Å². The van der Waals surface area contributed by atoms with Crippen LogP contribution < -0.4 is 5.30 Å². The fraction of sp³-hybridized carbons (Fsp3) is 0.500. The Bertz CT molecular complexity index is 376. The smallest absolute Gasteiger partial charge is 0.229 e. The molecule has 1 rings (SSSR count). The van der Waals surface area contributed by atoms with E-state index in [1.807, 2.05) is 30.3 Å². The molecule has 0 saturated carbocycles. The van der Waals surface area contributed by atoms with Gasteiger partial charge in [-0.3, -0.25) is 4.57 Å². The zero-order valence-electron chi connectivity index (χ0n) is 9.94. The first-order chi connectivity index (χ1) is 7.37. The van der Waals surface area contributed by atoms with E-state index in [-0.39, 0.29) is 5.41 Å². The zero-order valence-corrected chi connectivity index (χ0v) is 13.0. The van der Waals surface area contributed by atoms with E-state index in [1.165, 1.54) is 0 Å². The molecule has 0 bridgehead atoms. The average molecular weight is 352 g/mol. The van der Waals surface area contributed by atoms with Crippen LogP contribution in [0.5, 0.6) is 0 Å². The summed E-state index contributed by atoms with van der Waals surface area (Å²) < 4.78 is 19.0. The van der Waals surface area contributed by atoms with Crippen molar-refractivity contribution >= 4 is 35.3 Å². The predicted octanol–water partition coefficient (Wildman–Crippen LogP) is 3.70. The fourth-order valence-electron chi connectivity index (χ4n) is 1.11. The summed E-state index contributed by atoms with van der Waals surface area (Å²) in [6, 6.07) is 9.41. The SMILES string of the molecule is CC(C)(CI)COP(C)(=O)c1ccccc1. The summed E-state index contributed by atoms with van der Waals surface area (Å²) in [5, 5.41) is 0.791. The number of hydrogen-bond acceptors (Lipinski definition) is 2. The molecule has 1 aromatic rings. The van der Waals surface area contributed by atoms with E-state index in [0.29, 0.717) is 6.61 Å². The molecule has 0 radical (unpaired) electrons. The third kappa shape index (κ3) is 4.19. The van der Waals surface area contributed by atoms with Crippen LogP contribution in [0.1, 0.15) is 13.8 Å². The van der Waals surface area contributed by atoms with Gasteiger partial charge in [0.25, 0.3) is 0 Å². The summed E-state index contributed by atoms with van der Waals surface area (Å²) >= 11 is 2.33. The van der Waals surface area contributed by atoms with Crippen molar-refractivity contribution in [3.05, 3.63) is 30.3 Å². The van der Waals surface area contributed by atoms with E-state index >= 15 is 0 Å². The Hall–Kier alpha value is 0.140. The highest BCUT2D eigenvalue weighted by Crippen LogP contribution is 2.42. The van der Waals surface area contributed by atoms with Gasteiger partial charge in [-0.15, -0.1) is 0 Å². The molecule has 0 saturated heterocycles. The maximum atomic E-state index is 12.4. The van der Waals surface area contributed by atoms with Gasteiger partial charge < -0.3 is 4.52 Å². The Morgan fingerprint density at radius 2 is 1.88 bits per heavy atom. The molecular formula is C12H18IO2P. The van der Waals surface area contributed by atoms with Gasteiger partial charge in [-0.2, -0.15) is 0 Å². The maximum absolute atomic E-state index is 12.4. The van der Waals surface area contributed by atoms with Crippen LogP contribution in [0.25, 0.3) is 0 Å². The molecule has 0 aliphatic carbocycles. The minimum atomic E-state index is -2.66. The second-order valence-electron chi connectivity index (χ2n) is 4.75. The molecule has 0 heterocycles. The molecule has 0 aliphatic rings. The van der Waals surface area contributed by atoms with Crippen molar-refractivity contribution in [1.82, 2.24) is 0 Å². The zero-order chi connectivity index (χ0) is 12.2. The van der Waals surface area contributed by atoms with Crippen LogP contribution in [0, 0.1) is 5.41 Å². The van der Waals surface area contributed by atoms with Gasteiger partial charge in [-0.1, -0.05) is 54.6 Å². The van der Waals surface area contributed by atoms with E-state index in [9.17, 15) is 4.57 Å². The third-order valence-electron chi connectivity index (χ3n) is 2.29. The van der Waals surface area contributed by atoms with Gasteiger partial charge in [-0.25, -0.2) is 0 Å². The quantitative estimate of drug-likeness (QED) is 0.459. The molecule has 0 fully saturated rings. The van der Waals surface area contributed by atoms with Crippen LogP contribution in [-0.2, 0) is 9.09 Å². The van der Waals surface area contributed by atoms with Crippen molar-refractivity contribution in [2.75, 3.05) is 17.7 Å². The Morgan fingerprint density at radius 1 is 1.31 bits per heavy atom. The van der Waals surface area contributed by atoms with Crippen molar-refractivity contribution in [3.8, 4) is 0 Å². The van der Waals surface area contributed by atoms with Gasteiger partial charge in [0, 0.05) is 16.4 Å². The molecule has 16 heavy (non-hydrogen) atoms. The number of alkyl halides is 1. The van der Waals surface area contributed by atoms with E-state index < -0.39 is 7.37 Å². The number of rotatable bonds is 5. The molecule has 1 unspecified atom stereocenters. The summed E-state index contributed by atoms with van der Waals surface area (Å²) in [5.74, 6) is 0. The van der Waals surface area contributed by atoms with Gasteiger partial charge in [0.05, 0.1) is 6.61 Å². The fourth-order valence-corrected chi connectivity index (χ4v) is 2.79. The van der Waals surface area contributed by atoms with Crippen LogP contribution >= 0.6 is 30.0 Å². The third-order valence-corrected chi connectivity index (χ3v) is 6.21. The van der Waals surface area contributed by atoms with Crippen molar-refractivity contribution in [3.63, 3.8) is 0 Å². The van der Waals surface area contributed by atoms with Gasteiger partial charge in [0.15, 0.2) is 0 Å². The lowest BCUT2D eigenvalue weighted by Crippen LogP contribution is -2.21. The van der Waals surface area contributed by atoms with Crippen LogP contribution in [0.4, 0.5) is 0 Å². The number of halogens is 1. The summed E-state index contributed by atoms with van der Waals surface area (Å²) in [4.78, 5) is 0. The minimum absolute atomic E-state index is 0.0704. The molecule has 0 N–H and O–H groups in total. The predicted molar refractivity (Wildman–Crippen MR) is 78.2 cm³/mol. The summed E-state index contributed by atoms with van der Waals surface area (Å²) in [6.45, 7) is 6.44. The molecule has 4 heteroatoms. The molecular weight excluding hydrogens is 334 g/mol. The molecule has 2 nitrogen and oxygen atoms in total. The van der Waals surface area contributed by atoms with E-state index in [4.69, 9.17) is 4.52 Å². The van der Waals surface area contributed by atoms with Gasteiger partial charge in [-0.05, 0) is 17.5 Å². The first kappa shape index (κ1) is 14.2. The highest BCUT2D eigenvalue weighted by Gasteiger charge is 2.24. The van der Waals surface area contributed by atoms with Crippen molar-refractivity contribution in [2.24, 2.45) is 5.41 Å². The molecule has 0 amide bonds. The van der Waals surface area contributed by atoms with Crippen molar-refractivity contribution in [1.29, 1.82) is 0 Å².